The number of para-hydroxylation sites is 1. The number of benzene rings is 5. The van der Waals surface area contributed by atoms with Crippen LogP contribution in [0.5, 0.6) is 5.75 Å². The zero-order chi connectivity index (χ0) is 54.3. The third-order valence-electron chi connectivity index (χ3n) is 12.9. The lowest BCUT2D eigenvalue weighted by Gasteiger charge is -2.38. The van der Waals surface area contributed by atoms with Gasteiger partial charge in [-0.15, -0.1) is 0 Å². The molecule has 75 heavy (non-hydrogen) atoms. The highest BCUT2D eigenvalue weighted by Gasteiger charge is 2.40. The number of hydrogen-bond acceptors (Lipinski definition) is 8. The Hall–Kier alpha value is -8.39. The summed E-state index contributed by atoms with van der Waals surface area (Å²) < 4.78 is 5.16. The molecule has 3 unspecified atom stereocenters. The van der Waals surface area contributed by atoms with E-state index in [9.17, 15) is 33.6 Å². The van der Waals surface area contributed by atoms with Gasteiger partial charge >= 0.3 is 0 Å². The highest BCUT2D eigenvalue weighted by molar-refractivity contribution is 6.06. The number of unbranched alkanes of at least 4 members (excludes halogenated alkanes) is 1. The molecule has 3 aliphatic heterocycles. The molecule has 3 aliphatic rings. The van der Waals surface area contributed by atoms with Crippen LogP contribution in [0.2, 0.25) is 0 Å². The molecule has 0 radical (unpaired) electrons. The molecule has 0 N–H and O–H groups in total. The van der Waals surface area contributed by atoms with Gasteiger partial charge in [-0.05, 0) is 104 Å². The molecule has 3 heterocycles. The Balaban J connectivity index is 0.000000184. The molecule has 14 heteroatoms. The number of methoxy groups -OCH3 is 1. The van der Waals surface area contributed by atoms with Crippen LogP contribution in [-0.2, 0) is 19.2 Å². The van der Waals surface area contributed by atoms with Gasteiger partial charge in [-0.25, -0.2) is 0 Å². The number of rotatable bonds is 13. The van der Waals surface area contributed by atoms with Gasteiger partial charge in [0.05, 0.1) is 19.3 Å². The lowest BCUT2D eigenvalue weighted by atomic mass is 9.97. The molecule has 0 aliphatic carbocycles. The fourth-order valence-corrected chi connectivity index (χ4v) is 9.08. The second-order valence-corrected chi connectivity index (χ2v) is 19.2. The Labute approximate surface area is 441 Å². The van der Waals surface area contributed by atoms with Crippen LogP contribution in [0.25, 0.3) is 0 Å². The van der Waals surface area contributed by atoms with E-state index >= 15 is 0 Å². The lowest BCUT2D eigenvalue weighted by Crippen LogP contribution is -2.53. The minimum Gasteiger partial charge on any atom is -0.497 e. The average Bonchev–Trinajstić information content (AvgIpc) is 3.41. The summed E-state index contributed by atoms with van der Waals surface area (Å²) in [6.07, 6.45) is 11.9. The van der Waals surface area contributed by atoms with Crippen LogP contribution in [0.1, 0.15) is 108 Å². The minimum atomic E-state index is -0.793. The predicted octanol–water partition coefficient (Wildman–Crippen LogP) is 10.3. The highest BCUT2D eigenvalue weighted by Crippen LogP contribution is 2.32. The highest BCUT2D eigenvalue weighted by atomic mass is 16.5. The lowest BCUT2D eigenvalue weighted by molar-refractivity contribution is -0.137. The number of Topliss-reactive ketones (excluding diaryl/α,β-unsaturated/α-hetero) is 1. The zero-order valence-electron chi connectivity index (χ0n) is 44.3. The second-order valence-electron chi connectivity index (χ2n) is 19.2. The van der Waals surface area contributed by atoms with Gasteiger partial charge in [0.1, 0.15) is 29.7 Å². The molecule has 5 aromatic rings. The SMILES string of the molecule is CC(=O)CN1C=CN(C(=O)c2ccccc2)C(c2ccccc2)C1=O.CCCCN1C=CN(C(=O)c2ccccc2)C(C(C)C)C1=O.COc1ccc(C(=O)N2C=CN(c3c(C)cccc3C)C(=O)C2C(C)C)cc1. The molecule has 390 valence electrons. The van der Waals surface area contributed by atoms with E-state index in [4.69, 9.17) is 4.74 Å². The summed E-state index contributed by atoms with van der Waals surface area (Å²) in [6, 6.07) is 38.1. The van der Waals surface area contributed by atoms with E-state index < -0.39 is 18.1 Å². The maximum absolute atomic E-state index is 13.4. The molecule has 0 bridgehead atoms. The molecule has 0 saturated carbocycles. The fraction of sp³-hybridized carbons (Fsp3) is 0.295. The van der Waals surface area contributed by atoms with Crippen molar-refractivity contribution in [3.05, 3.63) is 204 Å². The first-order valence-electron chi connectivity index (χ1n) is 25.3. The van der Waals surface area contributed by atoms with Gasteiger partial charge in [-0.1, -0.05) is 126 Å². The number of hydrogen-bond donors (Lipinski definition) is 0. The molecule has 6 amide bonds. The third-order valence-corrected chi connectivity index (χ3v) is 12.9. The molecular formula is C61H68N6O8. The largest absolute Gasteiger partial charge is 0.497 e. The quantitative estimate of drug-likeness (QED) is 0.113. The van der Waals surface area contributed by atoms with Gasteiger partial charge in [-0.2, -0.15) is 0 Å². The molecular weight excluding hydrogens is 945 g/mol. The molecule has 3 atom stereocenters. The summed E-state index contributed by atoms with van der Waals surface area (Å²) in [7, 11) is 1.58. The molecule has 5 aromatic carbocycles. The number of amides is 6. The van der Waals surface area contributed by atoms with Gasteiger partial charge in [-0.3, -0.25) is 43.4 Å². The smallest absolute Gasteiger partial charge is 0.258 e. The normalized spacial score (nSPS) is 17.2. The van der Waals surface area contributed by atoms with Crippen LogP contribution in [0.15, 0.2) is 171 Å². The van der Waals surface area contributed by atoms with E-state index in [-0.39, 0.29) is 59.6 Å². The van der Waals surface area contributed by atoms with Crippen LogP contribution < -0.4 is 9.64 Å². The van der Waals surface area contributed by atoms with E-state index in [0.29, 0.717) is 34.5 Å². The number of aryl methyl sites for hydroxylation is 2. The first kappa shape index (κ1) is 55.9. The van der Waals surface area contributed by atoms with Crippen molar-refractivity contribution in [2.24, 2.45) is 11.8 Å². The standard InChI is InChI=1S/C23H26N2O3.C20H18N2O3.C18H24N2O2/c1-15(2)20-23(27)25(21-16(3)7-6-8-17(21)4)14-13-24(20)22(26)18-9-11-19(28-5)12-10-18;1-15(23)14-21-12-13-22(19(24)17-10-6-3-7-11-17)18(20(21)25)16-8-4-2-5-9-16;1-4-5-11-19-12-13-20(16(14(2)3)18(19)22)17(21)15-9-7-6-8-10-15/h6-15,20H,1-5H3;2-13,18H,14H2,1H3;6-10,12-14,16H,4-5,11H2,1-3H3. The van der Waals surface area contributed by atoms with Crippen molar-refractivity contribution in [1.29, 1.82) is 0 Å². The molecule has 14 nitrogen and oxygen atoms in total. The Morgan fingerprint density at radius 2 is 0.973 bits per heavy atom. The van der Waals surface area contributed by atoms with Crippen molar-refractivity contribution in [2.45, 2.75) is 86.4 Å². The molecule has 0 aromatic heterocycles. The Kier molecular flexibility index (Phi) is 19.4. The van der Waals surface area contributed by atoms with Gasteiger partial charge < -0.3 is 24.3 Å². The van der Waals surface area contributed by atoms with Crippen LogP contribution in [0.3, 0.4) is 0 Å². The van der Waals surface area contributed by atoms with Crippen molar-refractivity contribution >= 4 is 46.9 Å². The van der Waals surface area contributed by atoms with Gasteiger partial charge in [0.15, 0.2) is 0 Å². The van der Waals surface area contributed by atoms with Gasteiger partial charge in [0.2, 0.25) is 5.91 Å². The van der Waals surface area contributed by atoms with Crippen LogP contribution >= 0.6 is 0 Å². The fourth-order valence-electron chi connectivity index (χ4n) is 9.08. The molecule has 8 rings (SSSR count). The Bertz CT molecular complexity index is 2880. The number of ether oxygens (including phenoxy) is 1. The maximum Gasteiger partial charge on any atom is 0.258 e. The second kappa shape index (κ2) is 26.0. The van der Waals surface area contributed by atoms with E-state index in [1.807, 2.05) is 102 Å². The van der Waals surface area contributed by atoms with E-state index in [2.05, 4.69) is 6.92 Å². The van der Waals surface area contributed by atoms with Crippen molar-refractivity contribution in [2.75, 3.05) is 25.1 Å². The molecule has 0 spiro atoms. The third kappa shape index (κ3) is 13.4. The van der Waals surface area contributed by atoms with Crippen LogP contribution in [-0.4, -0.2) is 98.0 Å². The zero-order valence-corrected chi connectivity index (χ0v) is 44.3. The molecule has 0 saturated heterocycles. The van der Waals surface area contributed by atoms with Gasteiger partial charge in [0.25, 0.3) is 29.5 Å². The van der Waals surface area contributed by atoms with E-state index in [1.54, 1.807) is 131 Å². The van der Waals surface area contributed by atoms with Crippen molar-refractivity contribution < 1.29 is 38.3 Å². The number of nitrogens with zero attached hydrogens (tertiary/aromatic N) is 6. The molecule has 0 fully saturated rings. The summed E-state index contributed by atoms with van der Waals surface area (Å²) >= 11 is 0. The van der Waals surface area contributed by atoms with E-state index in [1.165, 1.54) is 22.9 Å². The first-order chi connectivity index (χ1) is 36.0. The Morgan fingerprint density at radius 1 is 0.520 bits per heavy atom. The topological polar surface area (TPSA) is 148 Å². The Morgan fingerprint density at radius 3 is 1.47 bits per heavy atom. The van der Waals surface area contributed by atoms with Crippen molar-refractivity contribution in [3.63, 3.8) is 0 Å². The minimum absolute atomic E-state index is 0.00790. The van der Waals surface area contributed by atoms with E-state index in [0.717, 1.165) is 29.7 Å². The van der Waals surface area contributed by atoms with Crippen molar-refractivity contribution in [3.8, 4) is 5.75 Å². The number of anilines is 1. The predicted molar refractivity (Wildman–Crippen MR) is 291 cm³/mol. The number of ketones is 1. The summed E-state index contributed by atoms with van der Waals surface area (Å²) in [4.78, 5) is 98.4. The average molecular weight is 1010 g/mol. The first-order valence-corrected chi connectivity index (χ1v) is 25.3. The summed E-state index contributed by atoms with van der Waals surface area (Å²) in [5.41, 5.74) is 5.25. The van der Waals surface area contributed by atoms with Gasteiger partial charge in [0, 0.05) is 60.4 Å². The monoisotopic (exact) mass is 1010 g/mol. The van der Waals surface area contributed by atoms with Crippen molar-refractivity contribution in [1.82, 2.24) is 24.5 Å². The number of carbonyl (C=O) groups is 7. The van der Waals surface area contributed by atoms with Crippen LogP contribution in [0.4, 0.5) is 5.69 Å². The summed E-state index contributed by atoms with van der Waals surface area (Å²) in [5, 5.41) is 0. The summed E-state index contributed by atoms with van der Waals surface area (Å²) in [6.45, 7) is 16.1. The van der Waals surface area contributed by atoms with Crippen LogP contribution in [0, 0.1) is 25.7 Å². The number of carbonyl (C=O) groups excluding carboxylic acids is 7. The maximum atomic E-state index is 13.4. The summed E-state index contributed by atoms with van der Waals surface area (Å²) in [5.74, 6) is -0.385.